The Balaban J connectivity index is 2.62. The summed E-state index contributed by atoms with van der Waals surface area (Å²) in [5, 5.41) is 9.85. The molecule has 0 aliphatic heterocycles. The molecular formula is C11H21N3O3S. The standard InChI is InChI=1S/C11H21N3O3S/c1-4-9(5-2)10(15)6-13-18(16,17)11-7-14(3)8-12-11/h7-10,13,15H,4-6H2,1-3H3. The smallest absolute Gasteiger partial charge is 0.259 e. The summed E-state index contributed by atoms with van der Waals surface area (Å²) in [5.41, 5.74) is 0. The molecule has 0 aliphatic carbocycles. The van der Waals surface area contributed by atoms with Crippen LogP contribution in [-0.4, -0.2) is 35.7 Å². The van der Waals surface area contributed by atoms with E-state index in [1.807, 2.05) is 13.8 Å². The molecule has 1 heterocycles. The first-order chi connectivity index (χ1) is 8.40. The molecule has 6 nitrogen and oxygen atoms in total. The van der Waals surface area contributed by atoms with Crippen LogP contribution < -0.4 is 4.72 Å². The van der Waals surface area contributed by atoms with Crippen molar-refractivity contribution in [2.75, 3.05) is 6.54 Å². The zero-order valence-corrected chi connectivity index (χ0v) is 11.8. The summed E-state index contributed by atoms with van der Waals surface area (Å²) in [6.07, 6.45) is 3.82. The molecule has 0 saturated heterocycles. The van der Waals surface area contributed by atoms with Crippen LogP contribution in [0, 0.1) is 5.92 Å². The molecule has 0 bridgehead atoms. The molecule has 7 heteroatoms. The second kappa shape index (κ2) is 6.31. The van der Waals surface area contributed by atoms with Crippen molar-refractivity contribution in [2.24, 2.45) is 13.0 Å². The van der Waals surface area contributed by atoms with E-state index in [1.54, 1.807) is 11.6 Å². The van der Waals surface area contributed by atoms with Crippen LogP contribution in [0.2, 0.25) is 0 Å². The van der Waals surface area contributed by atoms with Gasteiger partial charge >= 0.3 is 0 Å². The van der Waals surface area contributed by atoms with E-state index in [4.69, 9.17) is 0 Å². The zero-order chi connectivity index (χ0) is 13.8. The minimum absolute atomic E-state index is 0.0191. The van der Waals surface area contributed by atoms with Crippen molar-refractivity contribution in [1.82, 2.24) is 14.3 Å². The second-order valence-corrected chi connectivity index (χ2v) is 6.09. The van der Waals surface area contributed by atoms with E-state index >= 15 is 0 Å². The van der Waals surface area contributed by atoms with Gasteiger partial charge in [0.15, 0.2) is 5.03 Å². The molecule has 0 fully saturated rings. The van der Waals surface area contributed by atoms with Crippen molar-refractivity contribution in [1.29, 1.82) is 0 Å². The van der Waals surface area contributed by atoms with E-state index in [0.29, 0.717) is 0 Å². The fourth-order valence-electron chi connectivity index (χ4n) is 1.80. The number of nitrogens with one attached hydrogen (secondary N) is 1. The second-order valence-electron chi connectivity index (χ2n) is 4.37. The summed E-state index contributed by atoms with van der Waals surface area (Å²) in [5.74, 6) is 0.108. The number of aliphatic hydroxyl groups is 1. The van der Waals surface area contributed by atoms with Crippen LogP contribution in [0.15, 0.2) is 17.6 Å². The molecule has 1 unspecified atom stereocenters. The van der Waals surface area contributed by atoms with Gasteiger partial charge in [-0.05, 0) is 5.92 Å². The third-order valence-corrected chi connectivity index (χ3v) is 4.34. The molecule has 2 N–H and O–H groups in total. The lowest BCUT2D eigenvalue weighted by atomic mass is 9.97. The number of hydrogen-bond donors (Lipinski definition) is 2. The van der Waals surface area contributed by atoms with Gasteiger partial charge in [-0.1, -0.05) is 26.7 Å². The number of sulfonamides is 1. The van der Waals surface area contributed by atoms with Crippen molar-refractivity contribution in [3.63, 3.8) is 0 Å². The Labute approximate surface area is 108 Å². The maximum atomic E-state index is 11.9. The fraction of sp³-hybridized carbons (Fsp3) is 0.727. The molecule has 0 aromatic carbocycles. The number of aliphatic hydroxyl groups excluding tert-OH is 1. The zero-order valence-electron chi connectivity index (χ0n) is 11.0. The highest BCUT2D eigenvalue weighted by Gasteiger charge is 2.21. The van der Waals surface area contributed by atoms with Crippen LogP contribution in [0.3, 0.4) is 0 Å². The predicted octanol–water partition coefficient (Wildman–Crippen LogP) is 0.495. The molecular weight excluding hydrogens is 254 g/mol. The number of hydrogen-bond acceptors (Lipinski definition) is 4. The lowest BCUT2D eigenvalue weighted by molar-refractivity contribution is 0.107. The van der Waals surface area contributed by atoms with Gasteiger partial charge in [0.2, 0.25) is 0 Å². The largest absolute Gasteiger partial charge is 0.391 e. The Kier molecular flexibility index (Phi) is 5.30. The minimum atomic E-state index is -3.63. The van der Waals surface area contributed by atoms with E-state index in [-0.39, 0.29) is 17.5 Å². The molecule has 1 atom stereocenters. The Morgan fingerprint density at radius 2 is 2.06 bits per heavy atom. The van der Waals surface area contributed by atoms with Crippen LogP contribution in [0.25, 0.3) is 0 Å². The lowest BCUT2D eigenvalue weighted by Gasteiger charge is -2.19. The third kappa shape index (κ3) is 3.79. The topological polar surface area (TPSA) is 84.2 Å². The first-order valence-corrected chi connectivity index (χ1v) is 7.54. The molecule has 0 aliphatic rings. The molecule has 0 radical (unpaired) electrons. The maximum Gasteiger partial charge on any atom is 0.259 e. The van der Waals surface area contributed by atoms with Gasteiger partial charge < -0.3 is 9.67 Å². The summed E-state index contributed by atoms with van der Waals surface area (Å²) < 4.78 is 27.6. The first-order valence-electron chi connectivity index (χ1n) is 6.06. The predicted molar refractivity (Wildman–Crippen MR) is 68.5 cm³/mol. The molecule has 0 saturated carbocycles. The van der Waals surface area contributed by atoms with Crippen LogP contribution in [-0.2, 0) is 17.1 Å². The van der Waals surface area contributed by atoms with Gasteiger partial charge in [-0.25, -0.2) is 18.1 Å². The first kappa shape index (κ1) is 15.1. The quantitative estimate of drug-likeness (QED) is 0.759. The van der Waals surface area contributed by atoms with Gasteiger partial charge in [0.25, 0.3) is 10.0 Å². The number of aromatic nitrogens is 2. The van der Waals surface area contributed by atoms with Gasteiger partial charge in [-0.15, -0.1) is 0 Å². The summed E-state index contributed by atoms with van der Waals surface area (Å²) in [4.78, 5) is 3.78. The summed E-state index contributed by atoms with van der Waals surface area (Å²) in [6, 6.07) is 0. The Hall–Kier alpha value is -0.920. The average molecular weight is 275 g/mol. The van der Waals surface area contributed by atoms with Crippen molar-refractivity contribution in [3.8, 4) is 0 Å². The van der Waals surface area contributed by atoms with Gasteiger partial charge in [-0.3, -0.25) is 0 Å². The van der Waals surface area contributed by atoms with Crippen LogP contribution >= 0.6 is 0 Å². The Morgan fingerprint density at radius 3 is 2.50 bits per heavy atom. The van der Waals surface area contributed by atoms with E-state index in [0.717, 1.165) is 12.8 Å². The third-order valence-electron chi connectivity index (χ3n) is 3.03. The molecule has 1 aromatic rings. The summed E-state index contributed by atoms with van der Waals surface area (Å²) >= 11 is 0. The average Bonchev–Trinajstić information content (AvgIpc) is 2.76. The summed E-state index contributed by atoms with van der Waals surface area (Å²) in [7, 11) is -1.93. The Bertz CT molecular complexity index is 466. The molecule has 1 aromatic heterocycles. The van der Waals surface area contributed by atoms with Crippen LogP contribution in [0.1, 0.15) is 26.7 Å². The van der Waals surface area contributed by atoms with Crippen molar-refractivity contribution in [3.05, 3.63) is 12.5 Å². The monoisotopic (exact) mass is 275 g/mol. The van der Waals surface area contributed by atoms with E-state index in [9.17, 15) is 13.5 Å². The fourth-order valence-corrected chi connectivity index (χ4v) is 2.83. The van der Waals surface area contributed by atoms with Gasteiger partial charge in [0.1, 0.15) is 0 Å². The van der Waals surface area contributed by atoms with Gasteiger partial charge in [0, 0.05) is 19.8 Å². The Morgan fingerprint density at radius 1 is 1.44 bits per heavy atom. The van der Waals surface area contributed by atoms with Gasteiger partial charge in [-0.2, -0.15) is 0 Å². The molecule has 1 rings (SSSR count). The highest BCUT2D eigenvalue weighted by Crippen LogP contribution is 2.13. The number of aryl methyl sites for hydroxylation is 1. The maximum absolute atomic E-state index is 11.9. The van der Waals surface area contributed by atoms with Gasteiger partial charge in [0.05, 0.1) is 12.4 Å². The molecule has 0 amide bonds. The number of nitrogens with zero attached hydrogens (tertiary/aromatic N) is 2. The number of imidazole rings is 1. The van der Waals surface area contributed by atoms with Crippen LogP contribution in [0.5, 0.6) is 0 Å². The lowest BCUT2D eigenvalue weighted by Crippen LogP contribution is -2.36. The van der Waals surface area contributed by atoms with E-state index in [1.165, 1.54) is 12.5 Å². The van der Waals surface area contributed by atoms with Crippen molar-refractivity contribution in [2.45, 2.75) is 37.8 Å². The van der Waals surface area contributed by atoms with Crippen molar-refractivity contribution < 1.29 is 13.5 Å². The van der Waals surface area contributed by atoms with Crippen molar-refractivity contribution >= 4 is 10.0 Å². The van der Waals surface area contributed by atoms with Crippen LogP contribution in [0.4, 0.5) is 0 Å². The summed E-state index contributed by atoms with van der Waals surface area (Å²) in [6.45, 7) is 3.97. The molecule has 0 spiro atoms. The number of rotatable bonds is 7. The molecule has 18 heavy (non-hydrogen) atoms. The SMILES string of the molecule is CCC(CC)C(O)CNS(=O)(=O)c1cn(C)cn1. The molecule has 104 valence electrons. The highest BCUT2D eigenvalue weighted by molar-refractivity contribution is 7.89. The highest BCUT2D eigenvalue weighted by atomic mass is 32.2. The normalized spacial score (nSPS) is 14.1. The van der Waals surface area contributed by atoms with E-state index < -0.39 is 16.1 Å². The van der Waals surface area contributed by atoms with E-state index in [2.05, 4.69) is 9.71 Å². The minimum Gasteiger partial charge on any atom is -0.391 e.